The highest BCUT2D eigenvalue weighted by Crippen LogP contribution is 2.64. The lowest BCUT2D eigenvalue weighted by Gasteiger charge is -2.53. The van der Waals surface area contributed by atoms with Crippen molar-refractivity contribution in [2.24, 2.45) is 17.3 Å². The maximum atomic E-state index is 11.6. The summed E-state index contributed by atoms with van der Waals surface area (Å²) in [7, 11) is 0. The predicted molar refractivity (Wildman–Crippen MR) is 102 cm³/mol. The number of phenolic OH excluding ortho intramolecular Hbond substituents is 1. The lowest BCUT2D eigenvalue weighted by Crippen LogP contribution is -2.53. The van der Waals surface area contributed by atoms with Crippen LogP contribution in [0.4, 0.5) is 0 Å². The molecule has 0 aromatic heterocycles. The highest BCUT2D eigenvalue weighted by molar-refractivity contribution is 5.40. The zero-order chi connectivity index (χ0) is 18.6. The average molecular weight is 373 g/mol. The van der Waals surface area contributed by atoms with Crippen molar-refractivity contribution in [3.8, 4) is 5.75 Å². The summed E-state index contributed by atoms with van der Waals surface area (Å²) in [6, 6.07) is 5.93. The van der Waals surface area contributed by atoms with Crippen LogP contribution in [0.1, 0.15) is 75.3 Å². The fourth-order valence-electron chi connectivity index (χ4n) is 6.76. The Morgan fingerprint density at radius 3 is 2.81 bits per heavy atom. The standard InChI is InChI=1S/C23H32O4/c1-22-11-9-18-17-8-6-16(24)14-15(17)5-7-19(18)20(22)10-12-23(22,25)27-21-4-2-3-13-26-21/h6,8,14,18-21,24-25H,2-5,7,9-13H2,1H3/t18-,19-,20+,21?,22+,23?/m1/s1. The first-order valence-electron chi connectivity index (χ1n) is 10.8. The number of rotatable bonds is 2. The quantitative estimate of drug-likeness (QED) is 0.752. The highest BCUT2D eigenvalue weighted by atomic mass is 16.7. The Labute approximate surface area is 161 Å². The number of fused-ring (bicyclic) bond motifs is 5. The van der Waals surface area contributed by atoms with Gasteiger partial charge in [0.05, 0.1) is 0 Å². The van der Waals surface area contributed by atoms with Crippen LogP contribution in [-0.2, 0) is 15.9 Å². The Bertz CT molecular complexity index is 712. The Balaban J connectivity index is 1.40. The summed E-state index contributed by atoms with van der Waals surface area (Å²) < 4.78 is 12.1. The fourth-order valence-corrected chi connectivity index (χ4v) is 6.76. The van der Waals surface area contributed by atoms with Crippen molar-refractivity contribution in [2.75, 3.05) is 6.61 Å². The van der Waals surface area contributed by atoms with Gasteiger partial charge in [0.15, 0.2) is 12.1 Å². The predicted octanol–water partition coefficient (Wildman–Crippen LogP) is 4.48. The van der Waals surface area contributed by atoms with Crippen molar-refractivity contribution in [3.63, 3.8) is 0 Å². The summed E-state index contributed by atoms with van der Waals surface area (Å²) in [5.74, 6) is 0.974. The summed E-state index contributed by atoms with van der Waals surface area (Å²) in [6.07, 6.45) is 8.88. The number of benzene rings is 1. The van der Waals surface area contributed by atoms with Gasteiger partial charge in [0.1, 0.15) is 5.75 Å². The van der Waals surface area contributed by atoms with Crippen molar-refractivity contribution in [3.05, 3.63) is 29.3 Å². The first kappa shape index (κ1) is 18.0. The normalized spacial score (nSPS) is 43.6. The van der Waals surface area contributed by atoms with E-state index in [0.717, 1.165) is 64.4 Å². The maximum Gasteiger partial charge on any atom is 0.174 e. The number of aliphatic hydroxyl groups is 1. The zero-order valence-electron chi connectivity index (χ0n) is 16.3. The van der Waals surface area contributed by atoms with Gasteiger partial charge in [-0.2, -0.15) is 0 Å². The minimum absolute atomic E-state index is 0.191. The number of hydrogen-bond donors (Lipinski definition) is 2. The molecule has 0 bridgehead atoms. The molecular formula is C23H32O4. The number of aryl methyl sites for hydroxylation is 1. The van der Waals surface area contributed by atoms with Gasteiger partial charge in [-0.3, -0.25) is 0 Å². The van der Waals surface area contributed by atoms with Gasteiger partial charge in [0.25, 0.3) is 0 Å². The van der Waals surface area contributed by atoms with Gasteiger partial charge in [-0.05, 0) is 92.4 Å². The third-order valence-corrected chi connectivity index (χ3v) is 8.25. The van der Waals surface area contributed by atoms with Crippen LogP contribution < -0.4 is 0 Å². The molecule has 0 spiro atoms. The lowest BCUT2D eigenvalue weighted by molar-refractivity contribution is -0.339. The van der Waals surface area contributed by atoms with Gasteiger partial charge >= 0.3 is 0 Å². The average Bonchev–Trinajstić information content (AvgIpc) is 2.93. The third-order valence-electron chi connectivity index (χ3n) is 8.25. The minimum Gasteiger partial charge on any atom is -0.508 e. The van der Waals surface area contributed by atoms with Crippen molar-refractivity contribution in [1.82, 2.24) is 0 Å². The van der Waals surface area contributed by atoms with Crippen LogP contribution in [0.25, 0.3) is 0 Å². The molecule has 27 heavy (non-hydrogen) atoms. The topological polar surface area (TPSA) is 58.9 Å². The molecule has 1 aliphatic heterocycles. The van der Waals surface area contributed by atoms with Crippen LogP contribution in [0.2, 0.25) is 0 Å². The lowest BCUT2D eigenvalue weighted by atomic mass is 9.55. The molecule has 1 aromatic rings. The van der Waals surface area contributed by atoms with Gasteiger partial charge in [-0.15, -0.1) is 0 Å². The van der Waals surface area contributed by atoms with Crippen LogP contribution in [0.15, 0.2) is 18.2 Å². The van der Waals surface area contributed by atoms with E-state index in [1.165, 1.54) is 11.1 Å². The van der Waals surface area contributed by atoms with Crippen molar-refractivity contribution < 1.29 is 19.7 Å². The van der Waals surface area contributed by atoms with Gasteiger partial charge < -0.3 is 19.7 Å². The molecule has 3 aliphatic carbocycles. The second-order valence-electron chi connectivity index (χ2n) is 9.49. The second kappa shape index (κ2) is 6.47. The molecule has 1 saturated heterocycles. The smallest absolute Gasteiger partial charge is 0.174 e. The van der Waals surface area contributed by atoms with Gasteiger partial charge in [-0.1, -0.05) is 13.0 Å². The molecule has 4 nitrogen and oxygen atoms in total. The Kier molecular flexibility index (Phi) is 4.30. The molecule has 2 unspecified atom stereocenters. The molecule has 1 aromatic carbocycles. The van der Waals surface area contributed by atoms with Gasteiger partial charge in [0, 0.05) is 18.4 Å². The van der Waals surface area contributed by atoms with E-state index in [2.05, 4.69) is 13.0 Å². The van der Waals surface area contributed by atoms with Crippen molar-refractivity contribution in [1.29, 1.82) is 0 Å². The van der Waals surface area contributed by atoms with Crippen LogP contribution in [-0.4, -0.2) is 28.9 Å². The molecule has 148 valence electrons. The molecule has 4 heteroatoms. The molecule has 5 rings (SSSR count). The molecule has 6 atom stereocenters. The summed E-state index contributed by atoms with van der Waals surface area (Å²) >= 11 is 0. The van der Waals surface area contributed by atoms with Gasteiger partial charge in [0.2, 0.25) is 0 Å². The van der Waals surface area contributed by atoms with Crippen molar-refractivity contribution in [2.45, 2.75) is 82.7 Å². The van der Waals surface area contributed by atoms with E-state index in [-0.39, 0.29) is 11.7 Å². The monoisotopic (exact) mass is 372 g/mol. The number of aromatic hydroxyl groups is 1. The van der Waals surface area contributed by atoms with E-state index in [0.29, 0.717) is 23.5 Å². The Hall–Kier alpha value is -1.10. The van der Waals surface area contributed by atoms with E-state index < -0.39 is 5.79 Å². The van der Waals surface area contributed by atoms with E-state index in [1.54, 1.807) is 0 Å². The first-order chi connectivity index (χ1) is 13.0. The van der Waals surface area contributed by atoms with Crippen LogP contribution >= 0.6 is 0 Å². The summed E-state index contributed by atoms with van der Waals surface area (Å²) in [5.41, 5.74) is 2.56. The molecule has 1 heterocycles. The molecule has 3 fully saturated rings. The first-order valence-corrected chi connectivity index (χ1v) is 10.8. The molecule has 2 N–H and O–H groups in total. The molecule has 0 amide bonds. The van der Waals surface area contributed by atoms with E-state index in [1.807, 2.05) is 12.1 Å². The number of ether oxygens (including phenoxy) is 2. The van der Waals surface area contributed by atoms with Crippen LogP contribution in [0, 0.1) is 17.3 Å². The van der Waals surface area contributed by atoms with Crippen LogP contribution in [0.5, 0.6) is 5.75 Å². The molecule has 0 radical (unpaired) electrons. The number of phenols is 1. The fraction of sp³-hybridized carbons (Fsp3) is 0.739. The SMILES string of the molecule is C[C@]12CC[C@@H]3c4ccc(O)cc4CC[C@H]3[C@@H]1CCC2(O)OC1CCCCO1. The number of hydrogen-bond acceptors (Lipinski definition) is 4. The highest BCUT2D eigenvalue weighted by Gasteiger charge is 2.63. The summed E-state index contributed by atoms with van der Waals surface area (Å²) in [5, 5.41) is 21.4. The molecule has 2 saturated carbocycles. The summed E-state index contributed by atoms with van der Waals surface area (Å²) in [6.45, 7) is 3.01. The second-order valence-corrected chi connectivity index (χ2v) is 9.49. The van der Waals surface area contributed by atoms with E-state index >= 15 is 0 Å². The summed E-state index contributed by atoms with van der Waals surface area (Å²) in [4.78, 5) is 0. The minimum atomic E-state index is -1.06. The third kappa shape index (κ3) is 2.75. The zero-order valence-corrected chi connectivity index (χ0v) is 16.3. The molecule has 4 aliphatic rings. The Morgan fingerprint density at radius 2 is 2.00 bits per heavy atom. The maximum absolute atomic E-state index is 11.6. The Morgan fingerprint density at radius 1 is 1.11 bits per heavy atom. The van der Waals surface area contributed by atoms with Crippen molar-refractivity contribution >= 4 is 0 Å². The molecular weight excluding hydrogens is 340 g/mol. The van der Waals surface area contributed by atoms with E-state index in [4.69, 9.17) is 9.47 Å². The van der Waals surface area contributed by atoms with E-state index in [9.17, 15) is 10.2 Å². The largest absolute Gasteiger partial charge is 0.508 e. The van der Waals surface area contributed by atoms with Crippen LogP contribution in [0.3, 0.4) is 0 Å². The van der Waals surface area contributed by atoms with Gasteiger partial charge in [-0.25, -0.2) is 0 Å².